The minimum absolute atomic E-state index is 0.0463. The van der Waals surface area contributed by atoms with Gasteiger partial charge < -0.3 is 5.11 Å². The summed E-state index contributed by atoms with van der Waals surface area (Å²) in [7, 11) is -3.42. The molecule has 0 aliphatic heterocycles. The topological polar surface area (TPSA) is 74.7 Å². The van der Waals surface area contributed by atoms with Gasteiger partial charge in [-0.05, 0) is 31.1 Å². The standard InChI is InChI=1S/C11H21NO4S/c1-9(2)5-6-17(15,16)12(8-11(13)14)7-10-3-4-10/h9-10H,3-8H2,1-2H3,(H,13,14). The number of carbonyl (C=O) groups is 1. The number of aliphatic carboxylic acids is 1. The van der Waals surface area contributed by atoms with Crippen LogP contribution in [0.15, 0.2) is 0 Å². The number of carboxylic acids is 1. The first-order chi connectivity index (χ1) is 7.81. The largest absolute Gasteiger partial charge is 0.480 e. The summed E-state index contributed by atoms with van der Waals surface area (Å²) in [6.45, 7) is 3.87. The summed E-state index contributed by atoms with van der Waals surface area (Å²) in [6, 6.07) is 0. The molecule has 0 saturated heterocycles. The minimum atomic E-state index is -3.42. The Morgan fingerprint density at radius 3 is 2.41 bits per heavy atom. The molecule has 0 spiro atoms. The van der Waals surface area contributed by atoms with Crippen LogP contribution in [0.4, 0.5) is 0 Å². The Morgan fingerprint density at radius 1 is 1.41 bits per heavy atom. The average molecular weight is 263 g/mol. The van der Waals surface area contributed by atoms with Crippen LogP contribution in [0.5, 0.6) is 0 Å². The van der Waals surface area contributed by atoms with E-state index in [1.54, 1.807) is 0 Å². The Balaban J connectivity index is 2.61. The molecule has 1 N–H and O–H groups in total. The van der Waals surface area contributed by atoms with Crippen LogP contribution >= 0.6 is 0 Å². The van der Waals surface area contributed by atoms with E-state index in [4.69, 9.17) is 5.11 Å². The van der Waals surface area contributed by atoms with E-state index < -0.39 is 22.5 Å². The van der Waals surface area contributed by atoms with Crippen LogP contribution in [0.3, 0.4) is 0 Å². The Morgan fingerprint density at radius 2 is 2.00 bits per heavy atom. The molecule has 0 radical (unpaired) electrons. The Bertz CT molecular complexity index is 360. The van der Waals surface area contributed by atoms with Gasteiger partial charge in [-0.2, -0.15) is 4.31 Å². The molecule has 0 amide bonds. The molecule has 0 heterocycles. The molecule has 0 atom stereocenters. The molecule has 1 saturated carbocycles. The molecule has 5 nitrogen and oxygen atoms in total. The second kappa shape index (κ2) is 5.82. The van der Waals surface area contributed by atoms with Gasteiger partial charge in [0, 0.05) is 6.54 Å². The molecular weight excluding hydrogens is 242 g/mol. The lowest BCUT2D eigenvalue weighted by molar-refractivity contribution is -0.137. The highest BCUT2D eigenvalue weighted by Crippen LogP contribution is 2.30. The van der Waals surface area contributed by atoms with Gasteiger partial charge in [-0.3, -0.25) is 4.79 Å². The highest BCUT2D eigenvalue weighted by Gasteiger charge is 2.31. The van der Waals surface area contributed by atoms with E-state index in [0.29, 0.717) is 24.8 Å². The zero-order valence-corrected chi connectivity index (χ0v) is 11.2. The van der Waals surface area contributed by atoms with E-state index in [2.05, 4.69) is 0 Å². The van der Waals surface area contributed by atoms with Crippen LogP contribution in [0.1, 0.15) is 33.1 Å². The number of hydrogen-bond donors (Lipinski definition) is 1. The molecule has 0 unspecified atom stereocenters. The Labute approximate surface area is 103 Å². The van der Waals surface area contributed by atoms with E-state index in [9.17, 15) is 13.2 Å². The van der Waals surface area contributed by atoms with Crippen molar-refractivity contribution in [1.82, 2.24) is 4.31 Å². The van der Waals surface area contributed by atoms with Crippen molar-refractivity contribution in [2.75, 3.05) is 18.8 Å². The third-order valence-electron chi connectivity index (χ3n) is 2.82. The average Bonchev–Trinajstić information content (AvgIpc) is 2.97. The highest BCUT2D eigenvalue weighted by atomic mass is 32.2. The van der Waals surface area contributed by atoms with Crippen LogP contribution in [0.2, 0.25) is 0 Å². The molecule has 17 heavy (non-hydrogen) atoms. The quantitative estimate of drug-likeness (QED) is 0.713. The van der Waals surface area contributed by atoms with Crippen molar-refractivity contribution in [3.05, 3.63) is 0 Å². The maximum absolute atomic E-state index is 12.0. The third kappa shape index (κ3) is 5.50. The number of carboxylic acid groups (broad SMARTS) is 1. The van der Waals surface area contributed by atoms with E-state index in [1.807, 2.05) is 13.8 Å². The normalized spacial score (nSPS) is 16.7. The number of hydrogen-bond acceptors (Lipinski definition) is 3. The molecule has 0 aromatic heterocycles. The van der Waals surface area contributed by atoms with Gasteiger partial charge in [-0.1, -0.05) is 13.8 Å². The number of nitrogens with zero attached hydrogens (tertiary/aromatic N) is 1. The van der Waals surface area contributed by atoms with Crippen molar-refractivity contribution in [2.45, 2.75) is 33.1 Å². The first-order valence-corrected chi connectivity index (χ1v) is 7.62. The second-order valence-corrected chi connectivity index (χ2v) is 7.22. The molecule has 1 aliphatic carbocycles. The van der Waals surface area contributed by atoms with Gasteiger partial charge in [-0.25, -0.2) is 8.42 Å². The fourth-order valence-corrected chi connectivity index (χ4v) is 3.30. The summed E-state index contributed by atoms with van der Waals surface area (Å²) in [5.41, 5.74) is 0. The van der Waals surface area contributed by atoms with Gasteiger partial charge >= 0.3 is 5.97 Å². The van der Waals surface area contributed by atoms with Crippen LogP contribution < -0.4 is 0 Å². The lowest BCUT2D eigenvalue weighted by atomic mass is 10.2. The summed E-state index contributed by atoms with van der Waals surface area (Å²) in [4.78, 5) is 10.7. The van der Waals surface area contributed by atoms with Crippen molar-refractivity contribution in [3.8, 4) is 0 Å². The Hall–Kier alpha value is -0.620. The van der Waals surface area contributed by atoms with Crippen molar-refractivity contribution in [1.29, 1.82) is 0 Å². The fourth-order valence-electron chi connectivity index (χ4n) is 1.53. The maximum Gasteiger partial charge on any atom is 0.318 e. The van der Waals surface area contributed by atoms with E-state index in [1.165, 1.54) is 0 Å². The maximum atomic E-state index is 12.0. The third-order valence-corrected chi connectivity index (χ3v) is 4.63. The summed E-state index contributed by atoms with van der Waals surface area (Å²) in [5.74, 6) is -0.371. The van der Waals surface area contributed by atoms with Crippen LogP contribution in [0.25, 0.3) is 0 Å². The van der Waals surface area contributed by atoms with Crippen molar-refractivity contribution >= 4 is 16.0 Å². The zero-order valence-electron chi connectivity index (χ0n) is 10.4. The molecule has 0 aromatic rings. The highest BCUT2D eigenvalue weighted by molar-refractivity contribution is 7.89. The molecule has 1 rings (SSSR count). The molecule has 1 aliphatic rings. The van der Waals surface area contributed by atoms with Gasteiger partial charge in [-0.15, -0.1) is 0 Å². The number of rotatable bonds is 8. The van der Waals surface area contributed by atoms with Gasteiger partial charge in [0.05, 0.1) is 5.75 Å². The SMILES string of the molecule is CC(C)CCS(=O)(=O)N(CC(=O)O)CC1CC1. The smallest absolute Gasteiger partial charge is 0.318 e. The lowest BCUT2D eigenvalue weighted by Gasteiger charge is -2.20. The fraction of sp³-hybridized carbons (Fsp3) is 0.909. The minimum Gasteiger partial charge on any atom is -0.480 e. The first kappa shape index (κ1) is 14.4. The second-order valence-electron chi connectivity index (χ2n) is 5.13. The molecule has 1 fully saturated rings. The predicted octanol–water partition coefficient (Wildman–Crippen LogP) is 1.16. The zero-order chi connectivity index (χ0) is 13.1. The van der Waals surface area contributed by atoms with Gasteiger partial charge in [0.1, 0.15) is 6.54 Å². The molecule has 6 heteroatoms. The molecule has 100 valence electrons. The van der Waals surface area contributed by atoms with Gasteiger partial charge in [0.25, 0.3) is 0 Å². The van der Waals surface area contributed by atoms with Crippen LogP contribution in [0, 0.1) is 11.8 Å². The predicted molar refractivity (Wildman–Crippen MR) is 65.2 cm³/mol. The van der Waals surface area contributed by atoms with E-state index in [0.717, 1.165) is 17.1 Å². The molecule has 0 bridgehead atoms. The number of sulfonamides is 1. The first-order valence-electron chi connectivity index (χ1n) is 6.01. The summed E-state index contributed by atoms with van der Waals surface area (Å²) in [5, 5.41) is 8.75. The summed E-state index contributed by atoms with van der Waals surface area (Å²) in [6.07, 6.45) is 2.59. The van der Waals surface area contributed by atoms with Crippen molar-refractivity contribution in [3.63, 3.8) is 0 Å². The van der Waals surface area contributed by atoms with Crippen molar-refractivity contribution in [2.24, 2.45) is 11.8 Å². The van der Waals surface area contributed by atoms with Gasteiger partial charge in [0.15, 0.2) is 0 Å². The molecular formula is C11H21NO4S. The van der Waals surface area contributed by atoms with Crippen LogP contribution in [-0.2, 0) is 14.8 Å². The van der Waals surface area contributed by atoms with Gasteiger partial charge in [0.2, 0.25) is 10.0 Å². The monoisotopic (exact) mass is 263 g/mol. The summed E-state index contributed by atoms with van der Waals surface area (Å²) < 4.78 is 25.1. The van der Waals surface area contributed by atoms with E-state index >= 15 is 0 Å². The van der Waals surface area contributed by atoms with E-state index in [-0.39, 0.29) is 5.75 Å². The molecule has 0 aromatic carbocycles. The Kier molecular flexibility index (Phi) is 4.94. The summed E-state index contributed by atoms with van der Waals surface area (Å²) >= 11 is 0. The lowest BCUT2D eigenvalue weighted by Crippen LogP contribution is -2.38. The van der Waals surface area contributed by atoms with Crippen LogP contribution in [-0.4, -0.2) is 42.6 Å². The van der Waals surface area contributed by atoms with Crippen molar-refractivity contribution < 1.29 is 18.3 Å².